The fourth-order valence-corrected chi connectivity index (χ4v) is 6.80. The highest BCUT2D eigenvalue weighted by atomic mass is 32.2. The zero-order valence-corrected chi connectivity index (χ0v) is 20.0. The van der Waals surface area contributed by atoms with E-state index in [1.807, 2.05) is 0 Å². The van der Waals surface area contributed by atoms with Crippen LogP contribution in [0.5, 0.6) is 0 Å². The van der Waals surface area contributed by atoms with E-state index < -0.39 is 22.6 Å². The van der Waals surface area contributed by atoms with Crippen molar-refractivity contribution in [2.75, 3.05) is 30.4 Å². The van der Waals surface area contributed by atoms with Crippen LogP contribution in [0.4, 0.5) is 24.7 Å². The second-order valence-electron chi connectivity index (χ2n) is 9.09. The number of nitrogens with zero attached hydrogens (tertiary/aromatic N) is 3. The number of alkyl halides is 3. The maximum Gasteiger partial charge on any atom is 0.393 e. The van der Waals surface area contributed by atoms with Crippen LogP contribution in [0.1, 0.15) is 24.1 Å². The number of benzene rings is 1. The quantitative estimate of drug-likeness (QED) is 0.517. The molecule has 0 amide bonds. The summed E-state index contributed by atoms with van der Waals surface area (Å²) in [6.07, 6.45) is -0.762. The molecule has 1 saturated carbocycles. The molecule has 3 heterocycles. The number of nitrogens with one attached hydrogen (secondary N) is 2. The molecule has 1 aliphatic heterocycles. The van der Waals surface area contributed by atoms with Gasteiger partial charge in [-0.3, -0.25) is 0 Å². The summed E-state index contributed by atoms with van der Waals surface area (Å²) in [6, 6.07) is 8.56. The Hall–Kier alpha value is -2.44. The van der Waals surface area contributed by atoms with E-state index in [0.717, 1.165) is 49.4 Å². The Morgan fingerprint density at radius 1 is 1.21 bits per heavy atom. The predicted molar refractivity (Wildman–Crippen MR) is 126 cm³/mol. The lowest BCUT2D eigenvalue weighted by molar-refractivity contribution is -0.126. The van der Waals surface area contributed by atoms with E-state index in [-0.39, 0.29) is 21.2 Å². The van der Waals surface area contributed by atoms with Crippen molar-refractivity contribution in [3.63, 3.8) is 0 Å². The molecule has 1 aromatic carbocycles. The maximum atomic E-state index is 12.8. The molecule has 1 spiro atoms. The number of anilines is 2. The van der Waals surface area contributed by atoms with Gasteiger partial charge in [0.25, 0.3) is 0 Å². The van der Waals surface area contributed by atoms with Crippen molar-refractivity contribution in [2.45, 2.75) is 42.8 Å². The number of fused-ring (bicyclic) bond motifs is 1. The summed E-state index contributed by atoms with van der Waals surface area (Å²) in [7, 11) is -2.08. The zero-order valence-electron chi connectivity index (χ0n) is 18.4. The average molecular weight is 512 g/mol. The summed E-state index contributed by atoms with van der Waals surface area (Å²) in [5.74, 6) is 0.707. The molecule has 0 radical (unpaired) electrons. The normalized spacial score (nSPS) is 20.1. The Labute approximate surface area is 199 Å². The molecule has 3 aromatic rings. The molecule has 7 nitrogen and oxygen atoms in total. The van der Waals surface area contributed by atoms with Crippen LogP contribution < -0.4 is 14.9 Å². The van der Waals surface area contributed by atoms with Crippen LogP contribution in [0.25, 0.3) is 10.2 Å². The molecule has 2 aliphatic rings. The van der Waals surface area contributed by atoms with Crippen molar-refractivity contribution in [1.82, 2.24) is 14.7 Å². The van der Waals surface area contributed by atoms with Crippen LogP contribution in [0, 0.1) is 5.41 Å². The lowest BCUT2D eigenvalue weighted by Crippen LogP contribution is -2.56. The molecule has 2 N–H and O–H groups in total. The van der Waals surface area contributed by atoms with Gasteiger partial charge in [-0.2, -0.15) is 13.2 Å². The van der Waals surface area contributed by atoms with Gasteiger partial charge in [0.2, 0.25) is 10.0 Å². The van der Waals surface area contributed by atoms with Gasteiger partial charge in [0, 0.05) is 35.1 Å². The zero-order chi connectivity index (χ0) is 24.1. The lowest BCUT2D eigenvalue weighted by atomic mass is 9.78. The third-order valence-electron chi connectivity index (χ3n) is 6.59. The van der Waals surface area contributed by atoms with Crippen molar-refractivity contribution in [2.24, 2.45) is 5.41 Å². The minimum atomic E-state index is -4.25. The van der Waals surface area contributed by atoms with Crippen LogP contribution >= 0.6 is 11.3 Å². The van der Waals surface area contributed by atoms with Gasteiger partial charge in [0.05, 0.1) is 16.7 Å². The molecule has 12 heteroatoms. The van der Waals surface area contributed by atoms with Crippen molar-refractivity contribution >= 4 is 43.1 Å². The summed E-state index contributed by atoms with van der Waals surface area (Å²) in [5.41, 5.74) is 1.02. The van der Waals surface area contributed by atoms with Crippen molar-refractivity contribution in [3.05, 3.63) is 41.5 Å². The Kier molecular flexibility index (Phi) is 5.72. The first-order valence-electron chi connectivity index (χ1n) is 10.9. The Bertz CT molecular complexity index is 1300. The topological polar surface area (TPSA) is 87.2 Å². The molecule has 34 heavy (non-hydrogen) atoms. The highest BCUT2D eigenvalue weighted by molar-refractivity contribution is 7.89. The smallest absolute Gasteiger partial charge is 0.382 e. The number of thiophene rings is 1. The van der Waals surface area contributed by atoms with E-state index in [9.17, 15) is 21.6 Å². The van der Waals surface area contributed by atoms with Gasteiger partial charge in [0.1, 0.15) is 17.0 Å². The molecule has 1 aliphatic carbocycles. The molecule has 2 fully saturated rings. The summed E-state index contributed by atoms with van der Waals surface area (Å²) in [4.78, 5) is 11.7. The van der Waals surface area contributed by atoms with Crippen LogP contribution in [-0.4, -0.2) is 50.7 Å². The second kappa shape index (κ2) is 8.35. The third kappa shape index (κ3) is 4.58. The van der Waals surface area contributed by atoms with Crippen molar-refractivity contribution < 1.29 is 21.6 Å². The molecule has 1 saturated heterocycles. The molecule has 0 unspecified atom stereocenters. The minimum absolute atomic E-state index is 0.148. The highest BCUT2D eigenvalue weighted by Crippen LogP contribution is 2.48. The number of aromatic nitrogens is 2. The van der Waals surface area contributed by atoms with Crippen molar-refractivity contribution in [1.29, 1.82) is 0 Å². The monoisotopic (exact) mass is 511 g/mol. The number of hydrogen-bond acceptors (Lipinski definition) is 7. The van der Waals surface area contributed by atoms with Gasteiger partial charge in [-0.25, -0.2) is 23.1 Å². The summed E-state index contributed by atoms with van der Waals surface area (Å²) < 4.78 is 64.5. The minimum Gasteiger partial charge on any atom is -0.382 e. The standard InChI is InChI=1S/C22H24F3N5O2S2/c1-26-34(31,32)17-4-2-14(3-5-17)29-15-6-7-21(9-15)11-30(12-21)19-18-8-16(10-22(23,24)25)33-20(18)28-13-27-19/h2-5,8,13,15,26,29H,6-7,9-12H2,1H3/t15-/m1/s1. The van der Waals surface area contributed by atoms with Crippen LogP contribution in [0.2, 0.25) is 0 Å². The van der Waals surface area contributed by atoms with E-state index in [1.165, 1.54) is 13.4 Å². The first-order chi connectivity index (χ1) is 16.1. The van der Waals surface area contributed by atoms with Gasteiger partial charge < -0.3 is 10.2 Å². The number of hydrogen-bond donors (Lipinski definition) is 2. The molecule has 0 bridgehead atoms. The first kappa shape index (κ1) is 23.3. The second-order valence-corrected chi connectivity index (χ2v) is 12.1. The number of sulfonamides is 1. The number of rotatable bonds is 6. The van der Waals surface area contributed by atoms with E-state index in [1.54, 1.807) is 30.3 Å². The molecular weight excluding hydrogens is 487 g/mol. The van der Waals surface area contributed by atoms with Gasteiger partial charge >= 0.3 is 6.18 Å². The van der Waals surface area contributed by atoms with Crippen molar-refractivity contribution in [3.8, 4) is 0 Å². The maximum absolute atomic E-state index is 12.8. The molecular formula is C22H24F3N5O2S2. The Morgan fingerprint density at radius 3 is 2.62 bits per heavy atom. The predicted octanol–water partition coefficient (Wildman–Crippen LogP) is 4.18. The van der Waals surface area contributed by atoms with Crippen LogP contribution in [0.3, 0.4) is 0 Å². The summed E-state index contributed by atoms with van der Waals surface area (Å²) in [5, 5.41) is 4.19. The summed E-state index contributed by atoms with van der Waals surface area (Å²) in [6.45, 7) is 1.61. The van der Waals surface area contributed by atoms with E-state index >= 15 is 0 Å². The fraction of sp³-hybridized carbons (Fsp3) is 0.455. The molecule has 2 aromatic heterocycles. The largest absolute Gasteiger partial charge is 0.393 e. The third-order valence-corrected chi connectivity index (χ3v) is 9.07. The van der Waals surface area contributed by atoms with Crippen LogP contribution in [0.15, 0.2) is 41.6 Å². The first-order valence-corrected chi connectivity index (χ1v) is 13.2. The van der Waals surface area contributed by atoms with E-state index in [0.29, 0.717) is 16.0 Å². The lowest BCUT2D eigenvalue weighted by Gasteiger charge is -2.49. The van der Waals surface area contributed by atoms with Gasteiger partial charge in [-0.05, 0) is 56.6 Å². The SMILES string of the molecule is CNS(=O)(=O)c1ccc(N[C@@H]2CCC3(C2)CN(c2ncnc4sc(CC(F)(F)F)cc24)C3)cc1. The highest BCUT2D eigenvalue weighted by Gasteiger charge is 2.49. The molecule has 182 valence electrons. The summed E-state index contributed by atoms with van der Waals surface area (Å²) >= 11 is 1.07. The van der Waals surface area contributed by atoms with E-state index in [4.69, 9.17) is 0 Å². The number of halogens is 3. The van der Waals surface area contributed by atoms with Crippen LogP contribution in [-0.2, 0) is 16.4 Å². The van der Waals surface area contributed by atoms with E-state index in [2.05, 4.69) is 24.9 Å². The Morgan fingerprint density at radius 2 is 1.94 bits per heavy atom. The van der Waals surface area contributed by atoms with Gasteiger partial charge in [0.15, 0.2) is 0 Å². The molecule has 5 rings (SSSR count). The Balaban J connectivity index is 1.23. The van der Waals surface area contributed by atoms with Gasteiger partial charge in [-0.1, -0.05) is 0 Å². The van der Waals surface area contributed by atoms with Gasteiger partial charge in [-0.15, -0.1) is 11.3 Å². The molecule has 1 atom stereocenters. The average Bonchev–Trinajstić information content (AvgIpc) is 3.35. The fourth-order valence-electron chi connectivity index (χ4n) is 5.04.